The van der Waals surface area contributed by atoms with Crippen molar-refractivity contribution < 1.29 is 20.4 Å². The van der Waals surface area contributed by atoms with E-state index >= 15 is 0 Å². The lowest BCUT2D eigenvalue weighted by Crippen LogP contribution is -2.34. The maximum atomic E-state index is 12.4. The highest BCUT2D eigenvalue weighted by Crippen LogP contribution is 2.52. The number of unbranched alkanes of at least 4 members (excludes halogenated alkanes) is 2. The number of phenolic OH excluding ortho intramolecular Hbond substituents is 4. The predicted octanol–water partition coefficient (Wildman–Crippen LogP) is 16.6. The van der Waals surface area contributed by atoms with Crippen molar-refractivity contribution in [2.24, 2.45) is 0 Å². The molecule has 1 aromatic heterocycles. The molecule has 0 radical (unpaired) electrons. The largest absolute Gasteiger partial charge is 0.507 e. The zero-order valence-corrected chi connectivity index (χ0v) is 53.1. The molecule has 0 aliphatic carbocycles. The smallest absolute Gasteiger partial charge is 0.232 e. The second-order valence-electron chi connectivity index (χ2n) is 30.7. The monoisotopic (exact) mass is 1080 g/mol. The van der Waals surface area contributed by atoms with E-state index < -0.39 is 21.7 Å². The van der Waals surface area contributed by atoms with Crippen LogP contribution in [0.25, 0.3) is 0 Å². The second kappa shape index (κ2) is 21.4. The van der Waals surface area contributed by atoms with E-state index in [1.165, 1.54) is 0 Å². The second-order valence-corrected chi connectivity index (χ2v) is 30.7. The van der Waals surface area contributed by atoms with Crippen LogP contribution in [0, 0.1) is 0 Å². The van der Waals surface area contributed by atoms with Gasteiger partial charge in [0.2, 0.25) is 17.8 Å². The summed E-state index contributed by atoms with van der Waals surface area (Å²) in [5.41, 5.74) is 7.79. The van der Waals surface area contributed by atoms with Crippen LogP contribution in [0.2, 0.25) is 0 Å². The molecule has 7 rings (SSSR count). The minimum absolute atomic E-state index is 0.322. The fraction of sp³-hybridized carbons (Fsp3) is 0.609. The van der Waals surface area contributed by atoms with E-state index in [2.05, 4.69) is 216 Å². The Balaban J connectivity index is 1.60. The average molecular weight is 1080 g/mol. The first-order chi connectivity index (χ1) is 36.2. The van der Waals surface area contributed by atoms with E-state index in [1.54, 1.807) is 0 Å². The summed E-state index contributed by atoms with van der Waals surface area (Å²) in [6, 6.07) is 17.5. The Bertz CT molecular complexity index is 2680. The van der Waals surface area contributed by atoms with Crippen molar-refractivity contribution in [3.8, 4) is 23.0 Å². The van der Waals surface area contributed by atoms with Crippen LogP contribution in [0.1, 0.15) is 258 Å². The van der Waals surface area contributed by atoms with E-state index in [0.29, 0.717) is 79.9 Å². The van der Waals surface area contributed by atoms with Crippen LogP contribution in [0.3, 0.4) is 0 Å². The van der Waals surface area contributed by atoms with Crippen molar-refractivity contribution >= 4 is 17.8 Å². The third-order valence-corrected chi connectivity index (χ3v) is 17.1. The maximum absolute atomic E-state index is 12.4. The third-order valence-electron chi connectivity index (χ3n) is 17.1. The summed E-state index contributed by atoms with van der Waals surface area (Å²) in [7, 11) is 0. The van der Waals surface area contributed by atoms with Crippen LogP contribution in [0.4, 0.5) is 17.8 Å². The van der Waals surface area contributed by atoms with Gasteiger partial charge in [0.05, 0.1) is 0 Å². The first kappa shape index (κ1) is 61.1. The van der Waals surface area contributed by atoms with Crippen LogP contribution in [-0.2, 0) is 69.5 Å². The van der Waals surface area contributed by atoms with Gasteiger partial charge in [-0.25, -0.2) is 0 Å². The number of rotatable bonds is 9. The Morgan fingerprint density at radius 1 is 0.405 bits per heavy atom. The van der Waals surface area contributed by atoms with Gasteiger partial charge in [0.25, 0.3) is 0 Å². The molecule has 8 bridgehead atoms. The van der Waals surface area contributed by atoms with Gasteiger partial charge >= 0.3 is 0 Å². The molecule has 3 heterocycles. The summed E-state index contributed by atoms with van der Waals surface area (Å²) in [6.07, 6.45) is 5.34. The Labute approximate surface area is 477 Å². The fourth-order valence-corrected chi connectivity index (χ4v) is 13.1. The summed E-state index contributed by atoms with van der Waals surface area (Å²) in [6.45, 7) is 51.5. The summed E-state index contributed by atoms with van der Waals surface area (Å²) in [5, 5.41) is 49.7. The highest BCUT2D eigenvalue weighted by atomic mass is 16.3. The molecule has 0 saturated heterocycles. The molecule has 10 nitrogen and oxygen atoms in total. The van der Waals surface area contributed by atoms with Crippen molar-refractivity contribution in [2.75, 3.05) is 27.8 Å². The molecule has 0 spiro atoms. The number of nitrogens with zero attached hydrogens (tertiary/aromatic N) is 6. The molecule has 0 amide bonds. The lowest BCUT2D eigenvalue weighted by molar-refractivity contribution is 0.321. The molecule has 10 heteroatoms. The van der Waals surface area contributed by atoms with Gasteiger partial charge < -0.3 is 35.1 Å². The Morgan fingerprint density at radius 3 is 0.861 bits per heavy atom. The van der Waals surface area contributed by atoms with Gasteiger partial charge in [0.15, 0.2) is 0 Å². The molecule has 0 fully saturated rings. The summed E-state index contributed by atoms with van der Waals surface area (Å²) in [5.74, 6) is 2.97. The minimum Gasteiger partial charge on any atom is -0.507 e. The number of aromatic nitrogens is 3. The van der Waals surface area contributed by atoms with Gasteiger partial charge in [-0.15, -0.1) is 0 Å². The number of phenols is 4. The zero-order chi connectivity index (χ0) is 59.0. The topological polar surface area (TPSA) is 129 Å². The number of hydrogen-bond acceptors (Lipinski definition) is 10. The fourth-order valence-electron chi connectivity index (χ4n) is 13.1. The van der Waals surface area contributed by atoms with Gasteiger partial charge in [0, 0.05) is 61.5 Å². The first-order valence-corrected chi connectivity index (χ1v) is 29.7. The van der Waals surface area contributed by atoms with E-state index in [9.17, 15) is 20.4 Å². The quantitative estimate of drug-likeness (QED) is 0.113. The highest BCUT2D eigenvalue weighted by Gasteiger charge is 2.41. The molecule has 2 aliphatic rings. The number of benzene rings is 4. The molecular weight excluding hydrogens is 977 g/mol. The summed E-state index contributed by atoms with van der Waals surface area (Å²) >= 11 is 0. The maximum Gasteiger partial charge on any atom is 0.232 e. The predicted molar refractivity (Wildman–Crippen MR) is 330 cm³/mol. The number of hydrogen-bond donors (Lipinski definition) is 4. The molecule has 0 saturated carbocycles. The molecule has 432 valence electrons. The van der Waals surface area contributed by atoms with Gasteiger partial charge in [-0.2, -0.15) is 15.0 Å². The van der Waals surface area contributed by atoms with Crippen LogP contribution in [0.5, 0.6) is 23.0 Å². The lowest BCUT2D eigenvalue weighted by atomic mass is 9.66. The summed E-state index contributed by atoms with van der Waals surface area (Å²) in [4.78, 5) is 23.8. The Kier molecular flexibility index (Phi) is 16.6. The van der Waals surface area contributed by atoms with Crippen molar-refractivity contribution in [3.05, 3.63) is 115 Å². The normalized spacial score (nSPS) is 17.5. The van der Waals surface area contributed by atoms with Gasteiger partial charge in [-0.3, -0.25) is 0 Å². The standard InChI is InChI=1S/C69H102N6O4/c1-23-25-27-73(28-26-24-2)59-70-60(74-37-43-29-47(62(3,4)5)55(76)51(33-43)66(15,16)41-67(17,18)52-34-44(38-74)30-48(56(52)77)63(6,7)8)72-61(71-59)75-39-45-31-49(64(9,10)11)57(78)53(35-45)68(19,20)42-69(21,22)54-36-46(40-75)32-50(58(54)79)65(12,13)14/h29-36,76-79H,23-28,37-42H2,1-22H3. The lowest BCUT2D eigenvalue weighted by Gasteiger charge is -2.40. The minimum atomic E-state index is -0.502. The van der Waals surface area contributed by atoms with Crippen LogP contribution < -0.4 is 14.7 Å². The SMILES string of the molecule is CCCCN(CCCC)c1nc(N2Cc3cc(C(C)(C)C)c(O)c(c3)C(C)(C)CC(C)(C)c3cc(cc(C(C)(C)C)c3O)C2)nc(N2Cc3cc(C(C)(C)C)c(O)c(c3)C(C)(C)CC(C)(C)c3cc(cc(C(C)(C)C)c3O)C2)n1. The molecular formula is C69H102N6O4. The van der Waals surface area contributed by atoms with E-state index in [0.717, 1.165) is 106 Å². The van der Waals surface area contributed by atoms with Crippen molar-refractivity contribution in [1.29, 1.82) is 0 Å². The van der Waals surface area contributed by atoms with E-state index in [1.807, 2.05) is 0 Å². The van der Waals surface area contributed by atoms with Crippen molar-refractivity contribution in [1.82, 2.24) is 15.0 Å². The van der Waals surface area contributed by atoms with Crippen LogP contribution in [-0.4, -0.2) is 48.5 Å². The van der Waals surface area contributed by atoms with Crippen LogP contribution in [0.15, 0.2) is 48.5 Å². The molecule has 79 heavy (non-hydrogen) atoms. The van der Waals surface area contributed by atoms with E-state index in [-0.39, 0.29) is 21.7 Å². The van der Waals surface area contributed by atoms with E-state index in [4.69, 9.17) is 15.0 Å². The van der Waals surface area contributed by atoms with Gasteiger partial charge in [-0.05, 0) is 162 Å². The zero-order valence-electron chi connectivity index (χ0n) is 53.1. The molecule has 0 unspecified atom stereocenters. The highest BCUT2D eigenvalue weighted by molar-refractivity contribution is 5.58. The van der Waals surface area contributed by atoms with Gasteiger partial charge in [0.1, 0.15) is 23.0 Å². The molecule has 4 N–H and O–H groups in total. The number of anilines is 3. The van der Waals surface area contributed by atoms with Crippen LogP contribution >= 0.6 is 0 Å². The van der Waals surface area contributed by atoms with Gasteiger partial charge in [-0.1, -0.05) is 165 Å². The summed E-state index contributed by atoms with van der Waals surface area (Å²) < 4.78 is 0. The Hall–Kier alpha value is -5.51. The number of fused-ring (bicyclic) bond motifs is 8. The first-order valence-electron chi connectivity index (χ1n) is 29.7. The average Bonchev–Trinajstić information content (AvgIpc) is 3.33. The number of aromatic hydroxyl groups is 4. The molecule has 0 atom stereocenters. The molecule has 4 aromatic carbocycles. The molecule has 5 aromatic rings. The Morgan fingerprint density at radius 2 is 0.646 bits per heavy atom. The third kappa shape index (κ3) is 13.0. The molecule has 2 aliphatic heterocycles. The van der Waals surface area contributed by atoms with Crippen molar-refractivity contribution in [2.45, 2.75) is 260 Å². The van der Waals surface area contributed by atoms with Crippen molar-refractivity contribution in [3.63, 3.8) is 0 Å².